The quantitative estimate of drug-likeness (QED) is 0.489. The van der Waals surface area contributed by atoms with Gasteiger partial charge in [-0.3, -0.25) is 0 Å². The lowest BCUT2D eigenvalue weighted by atomic mass is 10.0. The number of ether oxygens (including phenoxy) is 1. The molecule has 0 aliphatic carbocycles. The van der Waals surface area contributed by atoms with E-state index in [1.807, 2.05) is 43.3 Å². The van der Waals surface area contributed by atoms with Crippen LogP contribution in [0, 0.1) is 0 Å². The summed E-state index contributed by atoms with van der Waals surface area (Å²) >= 11 is 19.7. The molecule has 0 saturated carbocycles. The van der Waals surface area contributed by atoms with Gasteiger partial charge in [-0.1, -0.05) is 49.5 Å². The van der Waals surface area contributed by atoms with Crippen molar-refractivity contribution in [3.05, 3.63) is 61.5 Å². The van der Waals surface area contributed by atoms with Crippen LogP contribution in [0.15, 0.2) is 45.3 Å². The molecule has 0 radical (unpaired) electrons. The summed E-state index contributed by atoms with van der Waals surface area (Å²) in [5, 5.41) is 0.261. The molecule has 20 heavy (non-hydrogen) atoms. The van der Waals surface area contributed by atoms with Crippen molar-refractivity contribution in [1.82, 2.24) is 0 Å². The highest BCUT2D eigenvalue weighted by Gasteiger charge is 2.19. The van der Waals surface area contributed by atoms with Gasteiger partial charge in [-0.15, -0.1) is 11.6 Å². The van der Waals surface area contributed by atoms with E-state index in [0.717, 1.165) is 25.8 Å². The van der Waals surface area contributed by atoms with Crippen LogP contribution in [0.2, 0.25) is 5.02 Å². The van der Waals surface area contributed by atoms with Crippen LogP contribution in [0.25, 0.3) is 0 Å². The lowest BCUT2D eigenvalue weighted by molar-refractivity contribution is 0.337. The zero-order chi connectivity index (χ0) is 14.7. The van der Waals surface area contributed by atoms with Gasteiger partial charge in [0.1, 0.15) is 5.75 Å². The number of halogens is 4. The Hall–Kier alpha value is -0.220. The number of rotatable bonds is 4. The summed E-state index contributed by atoms with van der Waals surface area (Å²) in [5.74, 6) is 0.773. The summed E-state index contributed by atoms with van der Waals surface area (Å²) in [5.41, 5.74) is 1.75. The molecule has 0 heterocycles. The highest BCUT2D eigenvalue weighted by atomic mass is 79.9. The fourth-order valence-corrected chi connectivity index (χ4v) is 3.46. The van der Waals surface area contributed by atoms with Crippen LogP contribution < -0.4 is 4.74 Å². The highest BCUT2D eigenvalue weighted by Crippen LogP contribution is 2.40. The molecule has 0 aliphatic heterocycles. The Morgan fingerprint density at radius 3 is 2.35 bits per heavy atom. The maximum absolute atomic E-state index is 6.60. The van der Waals surface area contributed by atoms with Gasteiger partial charge in [0.25, 0.3) is 0 Å². The number of hydrogen-bond acceptors (Lipinski definition) is 1. The van der Waals surface area contributed by atoms with Crippen LogP contribution >= 0.6 is 55.1 Å². The molecule has 0 N–H and O–H groups in total. The van der Waals surface area contributed by atoms with Crippen molar-refractivity contribution < 1.29 is 4.74 Å². The first-order valence-corrected chi connectivity index (χ1v) is 8.44. The lowest BCUT2D eigenvalue weighted by Gasteiger charge is -2.17. The van der Waals surface area contributed by atoms with Gasteiger partial charge < -0.3 is 4.74 Å². The standard InChI is InChI=1S/C15H12Br2Cl2O/c1-2-20-14-6-4-9(16)7-12(14)15(19)11-5-3-10(17)8-13(11)18/h3-8,15H,2H2,1H3. The summed E-state index contributed by atoms with van der Waals surface area (Å²) in [6.07, 6.45) is 0. The van der Waals surface area contributed by atoms with Gasteiger partial charge in [0.05, 0.1) is 12.0 Å². The summed E-state index contributed by atoms with van der Waals surface area (Å²) in [4.78, 5) is 0. The van der Waals surface area contributed by atoms with E-state index in [4.69, 9.17) is 27.9 Å². The third-order valence-corrected chi connectivity index (χ3v) is 4.56. The average molecular weight is 439 g/mol. The summed E-state index contributed by atoms with van der Waals surface area (Å²) in [7, 11) is 0. The van der Waals surface area contributed by atoms with Crippen molar-refractivity contribution in [2.24, 2.45) is 0 Å². The number of hydrogen-bond donors (Lipinski definition) is 0. The molecule has 5 heteroatoms. The molecular weight excluding hydrogens is 427 g/mol. The van der Waals surface area contributed by atoms with E-state index in [1.165, 1.54) is 0 Å². The molecule has 1 nitrogen and oxygen atoms in total. The average Bonchev–Trinajstić information content (AvgIpc) is 2.40. The lowest BCUT2D eigenvalue weighted by Crippen LogP contribution is -2.01. The molecule has 1 atom stereocenters. The van der Waals surface area contributed by atoms with Crippen molar-refractivity contribution in [1.29, 1.82) is 0 Å². The number of benzene rings is 2. The van der Waals surface area contributed by atoms with Gasteiger partial charge >= 0.3 is 0 Å². The summed E-state index contributed by atoms with van der Waals surface area (Å²) in [6.45, 7) is 2.54. The van der Waals surface area contributed by atoms with E-state index in [2.05, 4.69) is 31.9 Å². The van der Waals surface area contributed by atoms with E-state index >= 15 is 0 Å². The predicted molar refractivity (Wildman–Crippen MR) is 92.2 cm³/mol. The maximum atomic E-state index is 6.60. The molecule has 0 aromatic heterocycles. The van der Waals surface area contributed by atoms with E-state index < -0.39 is 0 Å². The van der Waals surface area contributed by atoms with Gasteiger partial charge in [0.15, 0.2) is 0 Å². The second kappa shape index (κ2) is 7.17. The van der Waals surface area contributed by atoms with Crippen LogP contribution in [0.5, 0.6) is 5.75 Å². The molecular formula is C15H12Br2Cl2O. The minimum absolute atomic E-state index is 0.366. The predicted octanol–water partition coefficient (Wildman–Crippen LogP) is 6.59. The van der Waals surface area contributed by atoms with Crippen LogP contribution in [-0.2, 0) is 0 Å². The van der Waals surface area contributed by atoms with Crippen molar-refractivity contribution in [2.75, 3.05) is 6.61 Å². The van der Waals surface area contributed by atoms with E-state index in [-0.39, 0.29) is 5.38 Å². The van der Waals surface area contributed by atoms with Gasteiger partial charge in [-0.25, -0.2) is 0 Å². The SMILES string of the molecule is CCOc1ccc(Br)cc1C(Cl)c1ccc(Br)cc1Cl. The van der Waals surface area contributed by atoms with Gasteiger partial charge in [-0.05, 0) is 42.8 Å². The van der Waals surface area contributed by atoms with Crippen LogP contribution in [0.3, 0.4) is 0 Å². The molecule has 0 spiro atoms. The third-order valence-electron chi connectivity index (χ3n) is 2.78. The van der Waals surface area contributed by atoms with Gasteiger partial charge in [0.2, 0.25) is 0 Å². The largest absolute Gasteiger partial charge is 0.494 e. The smallest absolute Gasteiger partial charge is 0.124 e. The summed E-state index contributed by atoms with van der Waals surface area (Å²) in [6, 6.07) is 11.5. The fraction of sp³-hybridized carbons (Fsp3) is 0.200. The van der Waals surface area contributed by atoms with Crippen LogP contribution in [0.4, 0.5) is 0 Å². The molecule has 0 bridgehead atoms. The van der Waals surface area contributed by atoms with Crippen molar-refractivity contribution >= 4 is 55.1 Å². The molecule has 0 amide bonds. The Labute approximate surface area is 145 Å². The van der Waals surface area contributed by atoms with Crippen molar-refractivity contribution in [3.8, 4) is 5.75 Å². The normalized spacial score (nSPS) is 12.2. The highest BCUT2D eigenvalue weighted by molar-refractivity contribution is 9.10. The van der Waals surface area contributed by atoms with E-state index in [1.54, 1.807) is 0 Å². The number of alkyl halides is 1. The first-order valence-electron chi connectivity index (χ1n) is 6.04. The van der Waals surface area contributed by atoms with E-state index in [0.29, 0.717) is 11.6 Å². The van der Waals surface area contributed by atoms with Crippen LogP contribution in [0.1, 0.15) is 23.4 Å². The second-order valence-electron chi connectivity index (χ2n) is 4.14. The van der Waals surface area contributed by atoms with Crippen LogP contribution in [-0.4, -0.2) is 6.61 Å². The maximum Gasteiger partial charge on any atom is 0.124 e. The Bertz CT molecular complexity index is 617. The molecule has 2 rings (SSSR count). The minimum Gasteiger partial charge on any atom is -0.494 e. The molecule has 0 aliphatic rings. The minimum atomic E-state index is -0.366. The monoisotopic (exact) mass is 436 g/mol. The Morgan fingerprint density at radius 1 is 1.05 bits per heavy atom. The molecule has 2 aromatic rings. The van der Waals surface area contributed by atoms with Crippen molar-refractivity contribution in [3.63, 3.8) is 0 Å². The topological polar surface area (TPSA) is 9.23 Å². The Kier molecular flexibility index (Phi) is 5.79. The first-order chi connectivity index (χ1) is 9.52. The third kappa shape index (κ3) is 3.70. The fourth-order valence-electron chi connectivity index (χ4n) is 1.88. The Morgan fingerprint density at radius 2 is 1.70 bits per heavy atom. The van der Waals surface area contributed by atoms with Gasteiger partial charge in [0, 0.05) is 19.5 Å². The second-order valence-corrected chi connectivity index (χ2v) is 6.82. The zero-order valence-corrected chi connectivity index (χ0v) is 15.4. The van der Waals surface area contributed by atoms with Gasteiger partial charge in [-0.2, -0.15) is 0 Å². The zero-order valence-electron chi connectivity index (χ0n) is 10.7. The summed E-state index contributed by atoms with van der Waals surface area (Å²) < 4.78 is 7.52. The van der Waals surface area contributed by atoms with E-state index in [9.17, 15) is 0 Å². The molecule has 106 valence electrons. The first kappa shape index (κ1) is 16.2. The molecule has 0 saturated heterocycles. The van der Waals surface area contributed by atoms with Crippen molar-refractivity contribution in [2.45, 2.75) is 12.3 Å². The molecule has 2 aromatic carbocycles. The molecule has 0 fully saturated rings. The Balaban J connectivity index is 2.46. The molecule has 1 unspecified atom stereocenters.